The molecule has 0 saturated heterocycles. The molecule has 0 nitrogen and oxygen atoms in total. The zero-order valence-electron chi connectivity index (χ0n) is 10.7. The number of halogens is 3. The lowest BCUT2D eigenvalue weighted by Crippen LogP contribution is -1.99. The van der Waals surface area contributed by atoms with E-state index in [2.05, 4.69) is 13.5 Å². The highest BCUT2D eigenvalue weighted by atomic mass is 19.1. The summed E-state index contributed by atoms with van der Waals surface area (Å²) in [5.74, 6) is -2.55. The van der Waals surface area contributed by atoms with Crippen LogP contribution in [0.5, 0.6) is 0 Å². The normalized spacial score (nSPS) is 10.7. The Balaban J connectivity index is 2.54. The van der Waals surface area contributed by atoms with Gasteiger partial charge in [-0.1, -0.05) is 38.3 Å². The van der Waals surface area contributed by atoms with Crippen molar-refractivity contribution in [2.24, 2.45) is 0 Å². The van der Waals surface area contributed by atoms with Crippen LogP contribution in [0.4, 0.5) is 13.2 Å². The fourth-order valence-electron chi connectivity index (χ4n) is 1.88. The minimum Gasteiger partial charge on any atom is -0.207 e. The topological polar surface area (TPSA) is 0 Å². The second kappa shape index (κ2) is 7.24. The van der Waals surface area contributed by atoms with E-state index in [0.29, 0.717) is 12.1 Å². The predicted molar refractivity (Wildman–Crippen MR) is 67.9 cm³/mol. The number of hydrogen-bond donors (Lipinski definition) is 0. The molecular weight excluding hydrogens is 237 g/mol. The molecular formula is C15H19F3. The number of hydrogen-bond acceptors (Lipinski definition) is 0. The zero-order chi connectivity index (χ0) is 13.5. The molecule has 0 aliphatic heterocycles. The number of allylic oxidation sites excluding steroid dienone is 1. The van der Waals surface area contributed by atoms with Crippen LogP contribution < -0.4 is 0 Å². The second-order valence-electron chi connectivity index (χ2n) is 4.59. The number of rotatable bonds is 7. The first kappa shape index (κ1) is 14.8. The summed E-state index contributed by atoms with van der Waals surface area (Å²) < 4.78 is 39.5. The lowest BCUT2D eigenvalue weighted by atomic mass is 10.00. The molecule has 0 aromatic heterocycles. The van der Waals surface area contributed by atoms with Crippen molar-refractivity contribution in [1.82, 2.24) is 0 Å². The standard InChI is InChI=1S/C15H19F3/c1-3-4-5-6-7-11(2)8-13-14(17)9-12(16)10-15(13)18/h9-10H,2-8H2,1H3. The van der Waals surface area contributed by atoms with E-state index in [9.17, 15) is 13.2 Å². The summed E-state index contributed by atoms with van der Waals surface area (Å²) in [6.07, 6.45) is 5.29. The molecule has 0 aliphatic carbocycles. The average molecular weight is 256 g/mol. The molecule has 0 atom stereocenters. The van der Waals surface area contributed by atoms with E-state index in [1.165, 1.54) is 0 Å². The van der Waals surface area contributed by atoms with Crippen LogP contribution in [0.25, 0.3) is 0 Å². The molecule has 3 heteroatoms. The van der Waals surface area contributed by atoms with Gasteiger partial charge < -0.3 is 0 Å². The highest BCUT2D eigenvalue weighted by Crippen LogP contribution is 2.20. The third kappa shape index (κ3) is 4.55. The third-order valence-electron chi connectivity index (χ3n) is 2.92. The first-order valence-electron chi connectivity index (χ1n) is 6.34. The molecule has 0 heterocycles. The summed E-state index contributed by atoms with van der Waals surface area (Å²) in [6.45, 7) is 5.95. The van der Waals surface area contributed by atoms with Gasteiger partial charge in [-0.3, -0.25) is 0 Å². The molecule has 0 radical (unpaired) electrons. The van der Waals surface area contributed by atoms with Gasteiger partial charge in [0.25, 0.3) is 0 Å². The summed E-state index contributed by atoms with van der Waals surface area (Å²) in [7, 11) is 0. The van der Waals surface area contributed by atoms with Gasteiger partial charge in [0, 0.05) is 17.7 Å². The Labute approximate surface area is 107 Å². The van der Waals surface area contributed by atoms with Gasteiger partial charge in [-0.05, 0) is 19.3 Å². The van der Waals surface area contributed by atoms with Gasteiger partial charge in [0.2, 0.25) is 0 Å². The molecule has 0 aliphatic rings. The van der Waals surface area contributed by atoms with E-state index < -0.39 is 17.5 Å². The van der Waals surface area contributed by atoms with Gasteiger partial charge >= 0.3 is 0 Å². The van der Waals surface area contributed by atoms with Gasteiger partial charge in [0.15, 0.2) is 0 Å². The van der Waals surface area contributed by atoms with Gasteiger partial charge in [0.05, 0.1) is 0 Å². The van der Waals surface area contributed by atoms with Crippen molar-refractivity contribution >= 4 is 0 Å². The summed E-state index contributed by atoms with van der Waals surface area (Å²) in [6, 6.07) is 1.42. The van der Waals surface area contributed by atoms with Gasteiger partial charge in [0.1, 0.15) is 17.5 Å². The van der Waals surface area contributed by atoms with Crippen LogP contribution in [0.3, 0.4) is 0 Å². The summed E-state index contributed by atoms with van der Waals surface area (Å²) in [4.78, 5) is 0. The van der Waals surface area contributed by atoms with Crippen molar-refractivity contribution in [2.75, 3.05) is 0 Å². The van der Waals surface area contributed by atoms with Crippen LogP contribution >= 0.6 is 0 Å². The Kier molecular flexibility index (Phi) is 5.96. The molecule has 100 valence electrons. The second-order valence-corrected chi connectivity index (χ2v) is 4.59. The monoisotopic (exact) mass is 256 g/mol. The summed E-state index contributed by atoms with van der Waals surface area (Å²) in [5, 5.41) is 0. The molecule has 18 heavy (non-hydrogen) atoms. The highest BCUT2D eigenvalue weighted by Gasteiger charge is 2.12. The maximum atomic E-state index is 13.4. The summed E-state index contributed by atoms with van der Waals surface area (Å²) in [5.41, 5.74) is 0.701. The van der Waals surface area contributed by atoms with Crippen molar-refractivity contribution in [1.29, 1.82) is 0 Å². The Morgan fingerprint density at radius 2 is 1.67 bits per heavy atom. The molecule has 0 N–H and O–H groups in total. The first-order chi connectivity index (χ1) is 8.54. The van der Waals surface area contributed by atoms with Crippen molar-refractivity contribution in [3.8, 4) is 0 Å². The Morgan fingerprint density at radius 1 is 1.06 bits per heavy atom. The van der Waals surface area contributed by atoms with E-state index in [0.717, 1.165) is 37.7 Å². The number of unbranched alkanes of at least 4 members (excludes halogenated alkanes) is 3. The fourth-order valence-corrected chi connectivity index (χ4v) is 1.88. The van der Waals surface area contributed by atoms with Crippen LogP contribution in [0, 0.1) is 17.5 Å². The van der Waals surface area contributed by atoms with E-state index >= 15 is 0 Å². The molecule has 0 bridgehead atoms. The largest absolute Gasteiger partial charge is 0.207 e. The molecule has 0 unspecified atom stereocenters. The Bertz CT molecular complexity index is 387. The maximum Gasteiger partial charge on any atom is 0.132 e. The van der Waals surface area contributed by atoms with Gasteiger partial charge in [-0.15, -0.1) is 0 Å². The van der Waals surface area contributed by atoms with Crippen molar-refractivity contribution < 1.29 is 13.2 Å². The predicted octanol–water partition coefficient (Wildman–Crippen LogP) is 5.17. The van der Waals surface area contributed by atoms with E-state index in [1.807, 2.05) is 0 Å². The van der Waals surface area contributed by atoms with Gasteiger partial charge in [-0.25, -0.2) is 13.2 Å². The minimum absolute atomic E-state index is 0.0862. The molecule has 0 amide bonds. The Hall–Kier alpha value is -1.25. The fraction of sp³-hybridized carbons (Fsp3) is 0.467. The first-order valence-corrected chi connectivity index (χ1v) is 6.34. The van der Waals surface area contributed by atoms with Crippen LogP contribution in [-0.4, -0.2) is 0 Å². The lowest BCUT2D eigenvalue weighted by molar-refractivity contribution is 0.525. The minimum atomic E-state index is -0.887. The van der Waals surface area contributed by atoms with Crippen molar-refractivity contribution in [3.63, 3.8) is 0 Å². The third-order valence-corrected chi connectivity index (χ3v) is 2.92. The lowest BCUT2D eigenvalue weighted by Gasteiger charge is -2.08. The van der Waals surface area contributed by atoms with Crippen LogP contribution in [0.1, 0.15) is 44.6 Å². The number of benzene rings is 1. The average Bonchev–Trinajstić information content (AvgIpc) is 2.29. The van der Waals surface area contributed by atoms with Crippen molar-refractivity contribution in [3.05, 3.63) is 47.3 Å². The maximum absolute atomic E-state index is 13.4. The van der Waals surface area contributed by atoms with Crippen LogP contribution in [0.15, 0.2) is 24.3 Å². The molecule has 0 saturated carbocycles. The van der Waals surface area contributed by atoms with Crippen LogP contribution in [0.2, 0.25) is 0 Å². The van der Waals surface area contributed by atoms with Crippen molar-refractivity contribution in [2.45, 2.75) is 45.4 Å². The Morgan fingerprint density at radius 3 is 2.22 bits per heavy atom. The summed E-state index contributed by atoms with van der Waals surface area (Å²) >= 11 is 0. The molecule has 0 spiro atoms. The molecule has 0 fully saturated rings. The molecule has 1 aromatic rings. The van der Waals surface area contributed by atoms with E-state index in [-0.39, 0.29) is 12.0 Å². The SMILES string of the molecule is C=C(CCCCCC)Cc1c(F)cc(F)cc1F. The quantitative estimate of drug-likeness (QED) is 0.466. The smallest absolute Gasteiger partial charge is 0.132 e. The zero-order valence-corrected chi connectivity index (χ0v) is 10.7. The molecule has 1 aromatic carbocycles. The van der Waals surface area contributed by atoms with Crippen LogP contribution in [-0.2, 0) is 6.42 Å². The van der Waals surface area contributed by atoms with E-state index in [1.54, 1.807) is 0 Å². The van der Waals surface area contributed by atoms with E-state index in [4.69, 9.17) is 0 Å². The molecule has 1 rings (SSSR count). The highest BCUT2D eigenvalue weighted by molar-refractivity contribution is 5.25. The van der Waals surface area contributed by atoms with Gasteiger partial charge in [-0.2, -0.15) is 0 Å².